The van der Waals surface area contributed by atoms with Crippen LogP contribution in [0.4, 0.5) is 0 Å². The van der Waals surface area contributed by atoms with Crippen molar-refractivity contribution in [1.82, 2.24) is 25.9 Å². The number of carbonyl (C=O) groups excluding carboxylic acids is 3. The van der Waals surface area contributed by atoms with Gasteiger partial charge in [-0.3, -0.25) is 14.4 Å². The van der Waals surface area contributed by atoms with Gasteiger partial charge in [0, 0.05) is 31.2 Å². The molecule has 0 saturated carbocycles. The SMILES string of the molecule is CC(C)(N)C(=O)N[C@@H](Cc1cnc[nH]1)C(=O)N[C@H](Cc1ccc2ccccc2c1)C(=O)N[C@H](Cc1ccccc1)C(=O)O. The number of carboxylic acids is 1. The third-order valence-electron chi connectivity index (χ3n) is 6.97. The van der Waals surface area contributed by atoms with E-state index in [0.29, 0.717) is 5.69 Å². The summed E-state index contributed by atoms with van der Waals surface area (Å²) in [4.78, 5) is 59.1. The van der Waals surface area contributed by atoms with E-state index in [1.165, 1.54) is 26.4 Å². The number of aliphatic carboxylic acids is 1. The molecule has 0 saturated heterocycles. The number of fused-ring (bicyclic) bond motifs is 1. The van der Waals surface area contributed by atoms with Crippen LogP contribution in [-0.2, 0) is 38.4 Å². The van der Waals surface area contributed by atoms with Crippen LogP contribution in [0.5, 0.6) is 0 Å². The Kier molecular flexibility index (Phi) is 9.89. The van der Waals surface area contributed by atoms with E-state index in [1.807, 2.05) is 48.5 Å². The minimum atomic E-state index is -1.26. The number of amides is 3. The molecule has 224 valence electrons. The highest BCUT2D eigenvalue weighted by Gasteiger charge is 2.32. The molecule has 0 aliphatic carbocycles. The highest BCUT2D eigenvalue weighted by atomic mass is 16.4. The molecule has 0 aliphatic heterocycles. The first-order chi connectivity index (χ1) is 20.5. The van der Waals surface area contributed by atoms with Crippen molar-refractivity contribution < 1.29 is 24.3 Å². The van der Waals surface area contributed by atoms with Gasteiger partial charge in [0.15, 0.2) is 0 Å². The zero-order valence-corrected chi connectivity index (χ0v) is 24.0. The van der Waals surface area contributed by atoms with E-state index in [0.717, 1.165) is 21.9 Å². The van der Waals surface area contributed by atoms with Crippen LogP contribution >= 0.6 is 0 Å². The third kappa shape index (κ3) is 8.73. The van der Waals surface area contributed by atoms with E-state index >= 15 is 0 Å². The van der Waals surface area contributed by atoms with E-state index in [9.17, 15) is 24.3 Å². The van der Waals surface area contributed by atoms with Crippen molar-refractivity contribution in [3.8, 4) is 0 Å². The molecule has 1 heterocycles. The summed E-state index contributed by atoms with van der Waals surface area (Å²) in [6.07, 6.45) is 3.17. The Balaban J connectivity index is 1.60. The number of carbonyl (C=O) groups is 4. The van der Waals surface area contributed by atoms with Crippen molar-refractivity contribution in [2.24, 2.45) is 5.73 Å². The topological polar surface area (TPSA) is 179 Å². The van der Waals surface area contributed by atoms with Gasteiger partial charge in [0.05, 0.1) is 11.9 Å². The maximum Gasteiger partial charge on any atom is 0.326 e. The second-order valence-electron chi connectivity index (χ2n) is 11.1. The zero-order chi connectivity index (χ0) is 31.0. The molecule has 0 unspecified atom stereocenters. The molecular weight excluding hydrogens is 548 g/mol. The van der Waals surface area contributed by atoms with Crippen molar-refractivity contribution in [2.45, 2.75) is 56.8 Å². The lowest BCUT2D eigenvalue weighted by Crippen LogP contribution is -2.59. The minimum absolute atomic E-state index is 0.0582. The van der Waals surface area contributed by atoms with Gasteiger partial charge in [0.2, 0.25) is 17.7 Å². The largest absolute Gasteiger partial charge is 0.480 e. The molecule has 0 bridgehead atoms. The molecule has 0 spiro atoms. The number of aromatic nitrogens is 2. The smallest absolute Gasteiger partial charge is 0.326 e. The van der Waals surface area contributed by atoms with Gasteiger partial charge in [-0.05, 0) is 35.7 Å². The summed E-state index contributed by atoms with van der Waals surface area (Å²) in [5.74, 6) is -3.07. The number of rotatable bonds is 13. The average molecular weight is 585 g/mol. The molecule has 11 heteroatoms. The number of hydrogen-bond acceptors (Lipinski definition) is 6. The molecule has 7 N–H and O–H groups in total. The fourth-order valence-corrected chi connectivity index (χ4v) is 4.57. The summed E-state index contributed by atoms with van der Waals surface area (Å²) in [5, 5.41) is 19.9. The average Bonchev–Trinajstić information content (AvgIpc) is 3.49. The monoisotopic (exact) mass is 584 g/mol. The first-order valence-corrected chi connectivity index (χ1v) is 13.9. The Morgan fingerprint density at radius 2 is 1.40 bits per heavy atom. The number of aromatic amines is 1. The van der Waals surface area contributed by atoms with E-state index in [1.54, 1.807) is 24.3 Å². The zero-order valence-electron chi connectivity index (χ0n) is 24.0. The molecule has 3 atom stereocenters. The Bertz CT molecular complexity index is 1570. The van der Waals surface area contributed by atoms with Crippen LogP contribution in [-0.4, -0.2) is 62.4 Å². The molecule has 0 radical (unpaired) electrons. The lowest BCUT2D eigenvalue weighted by Gasteiger charge is -2.26. The van der Waals surface area contributed by atoms with Gasteiger partial charge < -0.3 is 31.8 Å². The lowest BCUT2D eigenvalue weighted by atomic mass is 9.99. The molecule has 3 amide bonds. The van der Waals surface area contributed by atoms with Gasteiger partial charge in [-0.2, -0.15) is 0 Å². The third-order valence-corrected chi connectivity index (χ3v) is 6.97. The summed E-state index contributed by atoms with van der Waals surface area (Å²) in [5.41, 5.74) is 6.77. The van der Waals surface area contributed by atoms with Gasteiger partial charge in [0.1, 0.15) is 18.1 Å². The van der Waals surface area contributed by atoms with Crippen LogP contribution in [0.3, 0.4) is 0 Å². The van der Waals surface area contributed by atoms with Gasteiger partial charge >= 0.3 is 5.97 Å². The summed E-state index contributed by atoms with van der Waals surface area (Å²) in [6, 6.07) is 18.9. The number of carboxylic acid groups (broad SMARTS) is 1. The van der Waals surface area contributed by atoms with E-state index < -0.39 is 47.4 Å². The normalized spacial score (nSPS) is 13.5. The second-order valence-corrected chi connectivity index (χ2v) is 11.1. The Morgan fingerprint density at radius 1 is 0.791 bits per heavy atom. The molecule has 4 aromatic rings. The van der Waals surface area contributed by atoms with Crippen LogP contribution < -0.4 is 21.7 Å². The number of H-pyrrole nitrogens is 1. The van der Waals surface area contributed by atoms with Crippen molar-refractivity contribution in [2.75, 3.05) is 0 Å². The fourth-order valence-electron chi connectivity index (χ4n) is 4.57. The maximum absolute atomic E-state index is 13.7. The minimum Gasteiger partial charge on any atom is -0.480 e. The van der Waals surface area contributed by atoms with E-state index in [2.05, 4.69) is 25.9 Å². The van der Waals surface area contributed by atoms with Gasteiger partial charge in [0.25, 0.3) is 0 Å². The molecule has 11 nitrogen and oxygen atoms in total. The van der Waals surface area contributed by atoms with Gasteiger partial charge in [-0.1, -0.05) is 72.8 Å². The van der Waals surface area contributed by atoms with Gasteiger partial charge in [-0.25, -0.2) is 9.78 Å². The predicted octanol–water partition coefficient (Wildman–Crippen LogP) is 1.87. The van der Waals surface area contributed by atoms with E-state index in [4.69, 9.17) is 5.73 Å². The molecule has 3 aromatic carbocycles. The molecule has 0 aliphatic rings. The van der Waals surface area contributed by atoms with Crippen molar-refractivity contribution in [1.29, 1.82) is 0 Å². The summed E-state index contributed by atoms with van der Waals surface area (Å²) < 4.78 is 0. The number of nitrogens with zero attached hydrogens (tertiary/aromatic N) is 1. The van der Waals surface area contributed by atoms with Crippen LogP contribution in [0.2, 0.25) is 0 Å². The summed E-state index contributed by atoms with van der Waals surface area (Å²) in [7, 11) is 0. The van der Waals surface area contributed by atoms with Crippen molar-refractivity contribution >= 4 is 34.5 Å². The molecule has 4 rings (SSSR count). The predicted molar refractivity (Wildman–Crippen MR) is 162 cm³/mol. The van der Waals surface area contributed by atoms with Crippen molar-refractivity contribution in [3.05, 3.63) is 102 Å². The van der Waals surface area contributed by atoms with Crippen LogP contribution in [0.1, 0.15) is 30.7 Å². The number of hydrogen-bond donors (Lipinski definition) is 6. The first-order valence-electron chi connectivity index (χ1n) is 13.9. The maximum atomic E-state index is 13.7. The Labute approximate surface area is 249 Å². The van der Waals surface area contributed by atoms with Gasteiger partial charge in [-0.15, -0.1) is 0 Å². The quantitative estimate of drug-likeness (QED) is 0.139. The Hall–Kier alpha value is -5.03. The van der Waals surface area contributed by atoms with Crippen LogP contribution in [0.15, 0.2) is 85.3 Å². The number of imidazole rings is 1. The first kappa shape index (κ1) is 30.9. The number of nitrogens with one attached hydrogen (secondary N) is 4. The lowest BCUT2D eigenvalue weighted by molar-refractivity contribution is -0.142. The fraction of sp³-hybridized carbons (Fsp3) is 0.281. The van der Waals surface area contributed by atoms with Crippen molar-refractivity contribution in [3.63, 3.8) is 0 Å². The van der Waals surface area contributed by atoms with E-state index in [-0.39, 0.29) is 19.3 Å². The highest BCUT2D eigenvalue weighted by Crippen LogP contribution is 2.17. The molecule has 43 heavy (non-hydrogen) atoms. The second kappa shape index (κ2) is 13.8. The van der Waals surface area contributed by atoms with Crippen LogP contribution in [0.25, 0.3) is 10.8 Å². The summed E-state index contributed by atoms with van der Waals surface area (Å²) in [6.45, 7) is 3.03. The highest BCUT2D eigenvalue weighted by molar-refractivity contribution is 5.95. The van der Waals surface area contributed by atoms with Crippen LogP contribution in [0, 0.1) is 0 Å². The summed E-state index contributed by atoms with van der Waals surface area (Å²) >= 11 is 0. The number of nitrogens with two attached hydrogens (primary N) is 1. The Morgan fingerprint density at radius 3 is 2.02 bits per heavy atom. The number of benzene rings is 3. The standard InChI is InChI=1S/C32H36N6O5/c1-32(2,33)31(43)38-26(17-24-18-34-19-35-24)29(40)36-25(16-21-12-13-22-10-6-7-11-23(22)14-21)28(39)37-27(30(41)42)15-20-8-4-3-5-9-20/h3-14,18-19,25-27H,15-17,33H2,1-2H3,(H,34,35)(H,36,40)(H,37,39)(H,38,43)(H,41,42)/t25-,26+,27-/m1/s1. The molecule has 1 aromatic heterocycles. The molecule has 0 fully saturated rings. The molecular formula is C32H36N6O5.